The molecule has 0 atom stereocenters. The van der Waals surface area contributed by atoms with Crippen molar-refractivity contribution in [3.05, 3.63) is 16.4 Å². The molecule has 1 aliphatic rings. The van der Waals surface area contributed by atoms with E-state index >= 15 is 0 Å². The van der Waals surface area contributed by atoms with Crippen LogP contribution in [0.5, 0.6) is 0 Å². The van der Waals surface area contributed by atoms with Gasteiger partial charge in [-0.05, 0) is 0 Å². The second-order valence-corrected chi connectivity index (χ2v) is 3.78. The Morgan fingerprint density at radius 1 is 1.20 bits per heavy atom. The van der Waals surface area contributed by atoms with Crippen molar-refractivity contribution in [2.45, 2.75) is 6.42 Å². The second kappa shape index (κ2) is 3.75. The van der Waals surface area contributed by atoms with Crippen LogP contribution >= 0.6 is 23.2 Å². The van der Waals surface area contributed by atoms with Crippen LogP contribution in [0.2, 0.25) is 10.3 Å². The molecule has 0 saturated carbocycles. The summed E-state index contributed by atoms with van der Waals surface area (Å²) in [5.74, 6) is -0.429. The largest absolute Gasteiger partial charge is 0.297 e. The van der Waals surface area contributed by atoms with Crippen molar-refractivity contribution in [2.24, 2.45) is 0 Å². The molecule has 0 N–H and O–H groups in total. The number of rotatable bonds is 1. The fraction of sp³-hybridized carbons (Fsp3) is 0.250. The van der Waals surface area contributed by atoms with Gasteiger partial charge in [0.25, 0.3) is 0 Å². The molecule has 78 valence electrons. The molecule has 5 nitrogen and oxygen atoms in total. The van der Waals surface area contributed by atoms with E-state index in [4.69, 9.17) is 23.2 Å². The van der Waals surface area contributed by atoms with E-state index in [1.54, 1.807) is 0 Å². The van der Waals surface area contributed by atoms with Gasteiger partial charge < -0.3 is 0 Å². The minimum Gasteiger partial charge on any atom is -0.297 e. The van der Waals surface area contributed by atoms with E-state index in [1.807, 2.05) is 0 Å². The van der Waals surface area contributed by atoms with E-state index in [-0.39, 0.29) is 40.9 Å². The Labute approximate surface area is 95.0 Å². The lowest BCUT2D eigenvalue weighted by molar-refractivity contribution is -0.121. The quantitative estimate of drug-likeness (QED) is 0.549. The predicted molar refractivity (Wildman–Crippen MR) is 54.0 cm³/mol. The highest BCUT2D eigenvalue weighted by Gasteiger charge is 2.30. The minimum absolute atomic E-state index is 0.0183. The molecular weight excluding hydrogens is 241 g/mol. The predicted octanol–water partition coefficient (Wildman–Crippen LogP) is 1.09. The van der Waals surface area contributed by atoms with Crippen LogP contribution in [0.3, 0.4) is 0 Å². The summed E-state index contributed by atoms with van der Waals surface area (Å²) in [6, 6.07) is 1.36. The van der Waals surface area contributed by atoms with Gasteiger partial charge >= 0.3 is 0 Å². The van der Waals surface area contributed by atoms with Crippen molar-refractivity contribution in [1.82, 2.24) is 9.97 Å². The van der Waals surface area contributed by atoms with Gasteiger partial charge in [0.05, 0.1) is 13.0 Å². The van der Waals surface area contributed by atoms with E-state index < -0.39 is 0 Å². The SMILES string of the molecule is O=C1CC(=O)N(c2nc(Cl)cc(Cl)n2)C1. The van der Waals surface area contributed by atoms with Crippen LogP contribution in [0.15, 0.2) is 6.07 Å². The van der Waals surface area contributed by atoms with Crippen LogP contribution < -0.4 is 4.90 Å². The first-order chi connectivity index (χ1) is 7.06. The molecule has 0 bridgehead atoms. The van der Waals surface area contributed by atoms with E-state index in [0.29, 0.717) is 0 Å². The number of amides is 1. The van der Waals surface area contributed by atoms with Crippen LogP contribution in [0.4, 0.5) is 5.95 Å². The third kappa shape index (κ3) is 2.08. The van der Waals surface area contributed by atoms with Gasteiger partial charge in [0.2, 0.25) is 11.9 Å². The molecule has 0 aromatic carbocycles. The molecular formula is C8H5Cl2N3O2. The van der Waals surface area contributed by atoms with E-state index in [0.717, 1.165) is 0 Å². The highest BCUT2D eigenvalue weighted by atomic mass is 35.5. The van der Waals surface area contributed by atoms with Gasteiger partial charge in [0.15, 0.2) is 5.78 Å². The number of halogens is 2. The number of carbonyl (C=O) groups excluding carboxylic acids is 2. The number of carbonyl (C=O) groups is 2. The summed E-state index contributed by atoms with van der Waals surface area (Å²) in [4.78, 5) is 31.2. The van der Waals surface area contributed by atoms with Gasteiger partial charge in [-0.25, -0.2) is 9.97 Å². The Bertz CT molecular complexity index is 429. The lowest BCUT2D eigenvalue weighted by Crippen LogP contribution is -2.26. The molecule has 0 spiro atoms. The molecule has 7 heteroatoms. The van der Waals surface area contributed by atoms with Gasteiger partial charge in [0.1, 0.15) is 10.3 Å². The molecule has 2 rings (SSSR count). The summed E-state index contributed by atoms with van der Waals surface area (Å²) < 4.78 is 0. The zero-order valence-electron chi connectivity index (χ0n) is 7.41. The molecule has 15 heavy (non-hydrogen) atoms. The normalized spacial score (nSPS) is 16.3. The van der Waals surface area contributed by atoms with Gasteiger partial charge in [-0.15, -0.1) is 0 Å². The molecule has 1 saturated heterocycles. The zero-order chi connectivity index (χ0) is 11.0. The molecule has 1 fully saturated rings. The summed E-state index contributed by atoms with van der Waals surface area (Å²) in [6.07, 6.45) is -0.118. The first-order valence-electron chi connectivity index (χ1n) is 4.08. The van der Waals surface area contributed by atoms with Crippen molar-refractivity contribution >= 4 is 40.8 Å². The summed E-state index contributed by atoms with van der Waals surface area (Å²) in [7, 11) is 0. The lowest BCUT2D eigenvalue weighted by atomic mass is 10.3. The van der Waals surface area contributed by atoms with Crippen molar-refractivity contribution in [3.63, 3.8) is 0 Å². The molecule has 0 unspecified atom stereocenters. The Kier molecular flexibility index (Phi) is 2.58. The van der Waals surface area contributed by atoms with Gasteiger partial charge in [-0.3, -0.25) is 14.5 Å². The van der Waals surface area contributed by atoms with E-state index in [9.17, 15) is 9.59 Å². The van der Waals surface area contributed by atoms with Gasteiger partial charge in [0, 0.05) is 6.07 Å². The number of hydrogen-bond acceptors (Lipinski definition) is 4. The fourth-order valence-corrected chi connectivity index (χ4v) is 1.68. The third-order valence-corrected chi connectivity index (χ3v) is 2.26. The molecule has 1 aliphatic heterocycles. The second-order valence-electron chi connectivity index (χ2n) is 3.01. The molecule has 1 amide bonds. The molecule has 0 radical (unpaired) electrons. The van der Waals surface area contributed by atoms with Crippen molar-refractivity contribution in [3.8, 4) is 0 Å². The van der Waals surface area contributed by atoms with Gasteiger partial charge in [-0.2, -0.15) is 0 Å². The summed E-state index contributed by atoms with van der Waals surface area (Å²) >= 11 is 11.3. The molecule has 2 heterocycles. The van der Waals surface area contributed by atoms with E-state index in [1.165, 1.54) is 11.0 Å². The fourth-order valence-electron chi connectivity index (χ4n) is 1.27. The number of nitrogens with zero attached hydrogens (tertiary/aromatic N) is 3. The smallest absolute Gasteiger partial charge is 0.237 e. The molecule has 1 aromatic heterocycles. The number of anilines is 1. The Morgan fingerprint density at radius 3 is 2.27 bits per heavy atom. The van der Waals surface area contributed by atoms with Crippen LogP contribution in [-0.4, -0.2) is 28.2 Å². The van der Waals surface area contributed by atoms with E-state index in [2.05, 4.69) is 9.97 Å². The topological polar surface area (TPSA) is 63.2 Å². The summed E-state index contributed by atoms with van der Waals surface area (Å²) in [5, 5.41) is 0.272. The number of aromatic nitrogens is 2. The summed E-state index contributed by atoms with van der Waals surface area (Å²) in [5.41, 5.74) is 0. The standard InChI is InChI=1S/C8H5Cl2N3O2/c9-5-2-6(10)12-8(11-5)13-3-4(14)1-7(13)15/h2H,1,3H2. The van der Waals surface area contributed by atoms with Crippen LogP contribution in [0.25, 0.3) is 0 Å². The molecule has 1 aromatic rings. The third-order valence-electron chi connectivity index (χ3n) is 1.88. The Morgan fingerprint density at radius 2 is 1.80 bits per heavy atom. The summed E-state index contributed by atoms with van der Waals surface area (Å²) in [6.45, 7) is -0.0183. The maximum atomic E-state index is 11.3. The van der Waals surface area contributed by atoms with Crippen molar-refractivity contribution in [1.29, 1.82) is 0 Å². The first-order valence-corrected chi connectivity index (χ1v) is 4.84. The van der Waals surface area contributed by atoms with Crippen LogP contribution in [0.1, 0.15) is 6.42 Å². The highest BCUT2D eigenvalue weighted by Crippen LogP contribution is 2.20. The van der Waals surface area contributed by atoms with Crippen LogP contribution in [-0.2, 0) is 9.59 Å². The van der Waals surface area contributed by atoms with Crippen molar-refractivity contribution < 1.29 is 9.59 Å². The average molecular weight is 246 g/mol. The maximum absolute atomic E-state index is 11.3. The number of hydrogen-bond donors (Lipinski definition) is 0. The lowest BCUT2D eigenvalue weighted by Gasteiger charge is -2.11. The Balaban J connectivity index is 2.37. The van der Waals surface area contributed by atoms with Gasteiger partial charge in [-0.1, -0.05) is 23.2 Å². The van der Waals surface area contributed by atoms with Crippen LogP contribution in [0, 0.1) is 0 Å². The average Bonchev–Trinajstić information content (AvgIpc) is 2.43. The Hall–Kier alpha value is -1.20. The first kappa shape index (κ1) is 10.3. The zero-order valence-corrected chi connectivity index (χ0v) is 8.92. The minimum atomic E-state index is -0.335. The highest BCUT2D eigenvalue weighted by molar-refractivity contribution is 6.33. The number of ketones is 1. The number of Topliss-reactive ketones (excluding diaryl/α,β-unsaturated/α-hetero) is 1. The van der Waals surface area contributed by atoms with Crippen molar-refractivity contribution in [2.75, 3.05) is 11.4 Å². The monoisotopic (exact) mass is 245 g/mol. The molecule has 0 aliphatic carbocycles. The maximum Gasteiger partial charge on any atom is 0.237 e.